The van der Waals surface area contributed by atoms with Gasteiger partial charge in [-0.25, -0.2) is 0 Å². The van der Waals surface area contributed by atoms with Gasteiger partial charge >= 0.3 is 0 Å². The van der Waals surface area contributed by atoms with Crippen molar-refractivity contribution < 1.29 is 0 Å². The minimum atomic E-state index is -0.238. The van der Waals surface area contributed by atoms with Crippen molar-refractivity contribution in [2.24, 2.45) is 0 Å². The summed E-state index contributed by atoms with van der Waals surface area (Å²) in [4.78, 5) is 4.88. The fourth-order valence-electron chi connectivity index (χ4n) is 17.9. The highest BCUT2D eigenvalue weighted by Gasteiger charge is 2.39. The number of hydrogen-bond donors (Lipinski definition) is 0. The van der Waals surface area contributed by atoms with Gasteiger partial charge in [0.05, 0.1) is 0 Å². The highest BCUT2D eigenvalue weighted by Crippen LogP contribution is 2.55. The molecule has 0 spiro atoms. The predicted octanol–water partition coefficient (Wildman–Crippen LogP) is 28.5. The number of fused-ring (bicyclic) bond motifs is 11. The van der Waals surface area contributed by atoms with Gasteiger partial charge < -0.3 is 9.80 Å². The van der Waals surface area contributed by atoms with Crippen LogP contribution in [-0.4, -0.2) is 0 Å². The molecule has 0 saturated carbocycles. The first-order valence-electron chi connectivity index (χ1n) is 37.9. The van der Waals surface area contributed by atoms with E-state index in [2.05, 4.69) is 421 Å². The van der Waals surface area contributed by atoms with Crippen LogP contribution in [0.5, 0.6) is 0 Å². The van der Waals surface area contributed by atoms with Crippen LogP contribution in [0.1, 0.15) is 115 Å². The molecule has 512 valence electrons. The predicted molar refractivity (Wildman–Crippen MR) is 455 cm³/mol. The van der Waals surface area contributed by atoms with Crippen molar-refractivity contribution in [3.8, 4) is 66.8 Å². The molecular weight excluding hydrogens is 1290 g/mol. The Hall–Kier alpha value is -12.6. The molecule has 15 aromatic rings. The van der Waals surface area contributed by atoms with Gasteiger partial charge in [-0.1, -0.05) is 345 Å². The standard InChI is InChI=1S/C105H82N2/c1-103(2)97-63-69(31-33-71-37-59-93-95-61-55-85(67-101(95)104(3,4)99(93)65-71)106(81-47-39-75(40-48-81)73-19-9-7-10-20-73)83-51-43-79(44-52-83)89-29-17-25-77-23-13-15-27-87(77)89)35-57-91(97)92-58-36-70(64-98(92)103)32-34-72-38-60-94-96-62-56-86(68-102(96)105(5,6)100(94)66-72)107(82-49-41-76(42-50-82)74-21-11-8-12-22-74)84-53-45-80(46-54-84)90-30-18-26-78-24-14-16-28-88(78)90/h7-45,47-68,80H,46H2,1-6H3/b33-31+,34-32+. The molecule has 4 aliphatic rings. The third-order valence-corrected chi connectivity index (χ3v) is 23.8. The molecule has 0 aromatic heterocycles. The number of benzene rings is 15. The molecule has 0 bridgehead atoms. The van der Waals surface area contributed by atoms with E-state index in [1.807, 2.05) is 0 Å². The van der Waals surface area contributed by atoms with Gasteiger partial charge in [0.2, 0.25) is 0 Å². The first-order chi connectivity index (χ1) is 52.3. The topological polar surface area (TPSA) is 6.48 Å². The van der Waals surface area contributed by atoms with Crippen LogP contribution in [0, 0.1) is 0 Å². The smallest absolute Gasteiger partial charge is 0.0465 e. The van der Waals surface area contributed by atoms with Gasteiger partial charge in [0.25, 0.3) is 0 Å². The lowest BCUT2D eigenvalue weighted by atomic mass is 9.81. The van der Waals surface area contributed by atoms with Crippen molar-refractivity contribution in [3.63, 3.8) is 0 Å². The molecular formula is C105H82N2. The lowest BCUT2D eigenvalue weighted by molar-refractivity contribution is 0.660. The van der Waals surface area contributed by atoms with E-state index in [0.29, 0.717) is 5.92 Å². The van der Waals surface area contributed by atoms with Crippen LogP contribution in [0.2, 0.25) is 0 Å². The van der Waals surface area contributed by atoms with E-state index in [1.165, 1.54) is 155 Å². The van der Waals surface area contributed by atoms with E-state index >= 15 is 0 Å². The number of allylic oxidation sites excluding steroid dienone is 3. The molecule has 0 aliphatic heterocycles. The van der Waals surface area contributed by atoms with Crippen LogP contribution in [0.15, 0.2) is 352 Å². The van der Waals surface area contributed by atoms with Gasteiger partial charge in [-0.2, -0.15) is 0 Å². The zero-order valence-electron chi connectivity index (χ0n) is 61.4. The maximum atomic E-state index is 2.46. The largest absolute Gasteiger partial charge is 0.311 e. The molecule has 19 rings (SSSR count). The minimum Gasteiger partial charge on any atom is -0.311 e. The van der Waals surface area contributed by atoms with Gasteiger partial charge in [-0.3, -0.25) is 0 Å². The van der Waals surface area contributed by atoms with Crippen LogP contribution < -0.4 is 9.80 Å². The summed E-state index contributed by atoms with van der Waals surface area (Å²) in [6.45, 7) is 14.4. The summed E-state index contributed by atoms with van der Waals surface area (Å²) in [5.41, 5.74) is 35.6. The van der Waals surface area contributed by atoms with Crippen LogP contribution in [0.25, 0.3) is 113 Å². The molecule has 2 nitrogen and oxygen atoms in total. The molecule has 1 unspecified atom stereocenters. The Kier molecular flexibility index (Phi) is 15.8. The van der Waals surface area contributed by atoms with Crippen molar-refractivity contribution >= 4 is 74.3 Å². The Bertz CT molecular complexity index is 6150. The first-order valence-corrected chi connectivity index (χ1v) is 37.9. The number of anilines is 5. The van der Waals surface area contributed by atoms with Gasteiger partial charge in [0.15, 0.2) is 0 Å². The highest BCUT2D eigenvalue weighted by atomic mass is 15.2. The van der Waals surface area contributed by atoms with Crippen molar-refractivity contribution in [2.45, 2.75) is 70.1 Å². The lowest BCUT2D eigenvalue weighted by Crippen LogP contribution is -2.19. The van der Waals surface area contributed by atoms with Gasteiger partial charge in [0, 0.05) is 56.3 Å². The summed E-state index contributed by atoms with van der Waals surface area (Å²) < 4.78 is 0. The summed E-state index contributed by atoms with van der Waals surface area (Å²) in [7, 11) is 0. The Morgan fingerprint density at radius 1 is 0.271 bits per heavy atom. The summed E-state index contributed by atoms with van der Waals surface area (Å²) >= 11 is 0. The third kappa shape index (κ3) is 11.4. The van der Waals surface area contributed by atoms with E-state index in [-0.39, 0.29) is 16.2 Å². The van der Waals surface area contributed by atoms with Crippen LogP contribution in [-0.2, 0) is 16.2 Å². The fraction of sp³-hybridized carbons (Fsp3) is 0.105. The Balaban J connectivity index is 0.560. The molecule has 107 heavy (non-hydrogen) atoms. The molecule has 0 N–H and O–H groups in total. The average molecular weight is 1370 g/mol. The third-order valence-electron chi connectivity index (χ3n) is 23.8. The van der Waals surface area contributed by atoms with E-state index in [0.717, 1.165) is 34.9 Å². The molecule has 0 amide bonds. The summed E-state index contributed by atoms with van der Waals surface area (Å²) in [5, 5.41) is 5.12. The molecule has 4 aliphatic carbocycles. The maximum absolute atomic E-state index is 2.46. The van der Waals surface area contributed by atoms with Crippen LogP contribution >= 0.6 is 0 Å². The van der Waals surface area contributed by atoms with E-state index < -0.39 is 0 Å². The van der Waals surface area contributed by atoms with Crippen LogP contribution in [0.4, 0.5) is 28.4 Å². The Morgan fingerprint density at radius 3 is 1.05 bits per heavy atom. The Labute approximate surface area is 629 Å². The van der Waals surface area contributed by atoms with Crippen molar-refractivity contribution in [1.82, 2.24) is 0 Å². The summed E-state index contributed by atoms with van der Waals surface area (Å²) in [6.07, 6.45) is 17.4. The highest BCUT2D eigenvalue weighted by molar-refractivity contribution is 5.98. The molecule has 15 aromatic carbocycles. The molecule has 0 heterocycles. The number of hydrogen-bond acceptors (Lipinski definition) is 2. The summed E-state index contributed by atoms with van der Waals surface area (Å²) in [6, 6.07) is 122. The second kappa shape index (κ2) is 25.9. The zero-order chi connectivity index (χ0) is 72.1. The number of nitrogens with zero attached hydrogens (tertiary/aromatic N) is 2. The second-order valence-corrected chi connectivity index (χ2v) is 31.2. The maximum Gasteiger partial charge on any atom is 0.0465 e. The van der Waals surface area contributed by atoms with Gasteiger partial charge in [-0.15, -0.1) is 0 Å². The molecule has 2 heteroatoms. The van der Waals surface area contributed by atoms with Crippen molar-refractivity contribution in [3.05, 3.63) is 413 Å². The minimum absolute atomic E-state index is 0.185. The average Bonchev–Trinajstić information content (AvgIpc) is 1.59. The Morgan fingerprint density at radius 2 is 0.607 bits per heavy atom. The molecule has 1 atom stereocenters. The zero-order valence-corrected chi connectivity index (χ0v) is 61.4. The number of rotatable bonds is 14. The fourth-order valence-corrected chi connectivity index (χ4v) is 17.9. The molecule has 0 radical (unpaired) electrons. The lowest BCUT2D eigenvalue weighted by Gasteiger charge is -2.31. The van der Waals surface area contributed by atoms with E-state index in [1.54, 1.807) is 0 Å². The SMILES string of the molecule is CC1(C)c2cc(/C=C/c3ccc4c(c3)C(C)(C)c3cc(N(C5=CCC(c6cccc7ccccc67)C=C5)c5ccc(-c6ccccc6)cc5)ccc3-4)ccc2-c2ccc(/C=C/c3ccc4c(c3)C(C)(C)c3cc(N(c5ccc(-c6ccccc6)cc5)c5ccc(-c6cccc7ccccc67)cc5)ccc3-4)cc21. The van der Waals surface area contributed by atoms with Crippen molar-refractivity contribution in [2.75, 3.05) is 9.80 Å². The second-order valence-electron chi connectivity index (χ2n) is 31.2. The normalized spacial score (nSPS) is 15.2. The molecule has 0 fully saturated rings. The first kappa shape index (κ1) is 65.2. The monoisotopic (exact) mass is 1370 g/mol. The quantitative estimate of drug-likeness (QED) is 0.100. The van der Waals surface area contributed by atoms with Gasteiger partial charge in [0.1, 0.15) is 0 Å². The van der Waals surface area contributed by atoms with E-state index in [4.69, 9.17) is 0 Å². The van der Waals surface area contributed by atoms with Gasteiger partial charge in [-0.05, 0) is 223 Å². The molecule has 0 saturated heterocycles. The summed E-state index contributed by atoms with van der Waals surface area (Å²) in [5.74, 6) is 0.295. The van der Waals surface area contributed by atoms with E-state index in [9.17, 15) is 0 Å². The van der Waals surface area contributed by atoms with Crippen molar-refractivity contribution in [1.29, 1.82) is 0 Å². The van der Waals surface area contributed by atoms with Crippen LogP contribution in [0.3, 0.4) is 0 Å².